The van der Waals surface area contributed by atoms with Gasteiger partial charge in [-0.15, -0.1) is 0 Å². The Kier molecular flexibility index (Phi) is 4020. The van der Waals surface area contributed by atoms with Crippen molar-refractivity contribution < 1.29 is 26.9 Å². The van der Waals surface area contributed by atoms with Crippen molar-refractivity contribution in [1.82, 2.24) is 0 Å². The van der Waals surface area contributed by atoms with Gasteiger partial charge in [-0.1, -0.05) is 0 Å². The van der Waals surface area contributed by atoms with Crippen LogP contribution in [0.4, 0.5) is 0 Å². The Labute approximate surface area is 50.6 Å². The molecule has 0 aliphatic rings. The van der Waals surface area contributed by atoms with Crippen molar-refractivity contribution >= 4 is 23.3 Å². The van der Waals surface area contributed by atoms with Crippen LogP contribution in [0.25, 0.3) is 0 Å². The molecule has 0 radical (unpaired) electrons. The third-order valence-electron chi connectivity index (χ3n) is 0. The second-order valence-electron chi connectivity index (χ2n) is 0. The van der Waals surface area contributed by atoms with Crippen LogP contribution in [0.1, 0.15) is 0 Å². The molecule has 4 heteroatoms. The molecule has 0 heterocycles. The monoisotopic (exact) mass is 196 g/mol. The van der Waals surface area contributed by atoms with Crippen LogP contribution < -0.4 is 0 Å². The maximum atomic E-state index is 7.75. The van der Waals surface area contributed by atoms with Crippen LogP contribution in [0.3, 0.4) is 0 Å². The van der Waals surface area contributed by atoms with Crippen LogP contribution in [0.5, 0.6) is 0 Å². The van der Waals surface area contributed by atoms with Gasteiger partial charge in [0.1, 0.15) is 0 Å². The van der Waals surface area contributed by atoms with Crippen molar-refractivity contribution in [2.24, 2.45) is 0 Å². The van der Waals surface area contributed by atoms with Gasteiger partial charge < -0.3 is 9.59 Å². The Morgan fingerprint density at radius 3 is 1.00 bits per heavy atom. The predicted octanol–water partition coefficient (Wildman–Crippen LogP) is 0.139. The molecule has 0 fully saturated rings. The summed E-state index contributed by atoms with van der Waals surface area (Å²) in [6, 6.07) is 0. The molecule has 0 bridgehead atoms. The van der Waals surface area contributed by atoms with E-state index in [9.17, 15) is 0 Å². The van der Waals surface area contributed by atoms with Crippen LogP contribution in [-0.4, -0.2) is 13.6 Å². The number of carbonyl (C=O) groups excluding carboxylic acids is 2. The zero-order valence-corrected chi connectivity index (χ0v) is 5.08. The molecule has 0 amide bonds. The second kappa shape index (κ2) is 1480. The van der Waals surface area contributed by atoms with E-state index in [1.165, 1.54) is 0 Å². The van der Waals surface area contributed by atoms with Gasteiger partial charge in [-0.3, -0.25) is 13.6 Å². The topological polar surface area (TPSA) is 34.1 Å². The fourth-order valence-corrected chi connectivity index (χ4v) is 0. The summed E-state index contributed by atoms with van der Waals surface area (Å²) < 4.78 is 0. The van der Waals surface area contributed by atoms with Gasteiger partial charge in [0.2, 0.25) is 0 Å². The molecule has 38 valence electrons. The molecule has 0 aliphatic carbocycles. The Bertz CT molecular complexity index is 13.5. The maximum absolute atomic E-state index is 7.75. The van der Waals surface area contributed by atoms with Gasteiger partial charge in [-0.05, 0) is 0 Å². The van der Waals surface area contributed by atoms with Crippen molar-refractivity contribution in [1.29, 1.82) is 0 Å². The van der Waals surface area contributed by atoms with Gasteiger partial charge >= 0.3 is 27.0 Å². The Morgan fingerprint density at radius 1 is 1.00 bits per heavy atom. The molecule has 0 aromatic rings. The normalized spacial score (nSPS) is 2.33. The molecule has 0 rings (SSSR count). The number of hydrogen-bond acceptors (Lipinski definition) is 2. The first-order chi connectivity index (χ1) is 3.00. The fourth-order valence-electron chi connectivity index (χ4n) is 0. The molecule has 0 spiro atoms. The number of halogens is 1. The van der Waals surface area contributed by atoms with Gasteiger partial charge in [0.25, 0.3) is 0 Å². The van der Waals surface area contributed by atoms with E-state index in [0.29, 0.717) is 0 Å². The Balaban J connectivity index is -0.0000000225. The molecule has 2 nitrogen and oxygen atoms in total. The molecule has 0 saturated heterocycles. The van der Waals surface area contributed by atoms with Gasteiger partial charge in [0.05, 0.1) is 0 Å². The van der Waals surface area contributed by atoms with Crippen LogP contribution in [0, 0.1) is 0 Å². The minimum absolute atomic E-state index is 2.02. The average Bonchev–Trinajstić information content (AvgIpc) is 1.81. The van der Waals surface area contributed by atoms with E-state index < -0.39 is 0 Å². The van der Waals surface area contributed by atoms with Gasteiger partial charge in [-0.25, -0.2) is 0 Å². The first-order valence-electron chi connectivity index (χ1n) is 0.597. The molecule has 0 saturated carbocycles. The standard InChI is InChI=1S/2CHO.ClH.Rh/c2*1-2;;/h2*1H;1H;/q2*-1;;+3/p-1. The summed E-state index contributed by atoms with van der Waals surface area (Å²) in [7, 11) is 4.53. The number of hydrogen-bond donors (Lipinski definition) is 0. The van der Waals surface area contributed by atoms with Crippen molar-refractivity contribution in [3.05, 3.63) is 0 Å². The zero-order chi connectivity index (χ0) is 6.00. The van der Waals surface area contributed by atoms with Crippen molar-refractivity contribution in [3.8, 4) is 0 Å². The van der Waals surface area contributed by atoms with E-state index in [-0.39, 0.29) is 0 Å². The van der Waals surface area contributed by atoms with E-state index in [2.05, 4.69) is 23.3 Å². The van der Waals surface area contributed by atoms with Gasteiger partial charge in [-0.2, -0.15) is 0 Å². The summed E-state index contributed by atoms with van der Waals surface area (Å²) >= 11 is 2.02. The van der Waals surface area contributed by atoms with Gasteiger partial charge in [0, 0.05) is 0 Å². The third-order valence-corrected chi connectivity index (χ3v) is 0. The molecule has 0 aromatic heterocycles. The fraction of sp³-hybridized carbons (Fsp3) is 0. The van der Waals surface area contributed by atoms with E-state index in [1.807, 2.05) is 17.3 Å². The molecule has 0 N–H and O–H groups in total. The molecule has 0 atom stereocenters. The minimum atomic E-state index is 2.02. The average molecular weight is 196 g/mol. The van der Waals surface area contributed by atoms with Crippen LogP contribution in [0.15, 0.2) is 0 Å². The predicted molar refractivity (Wildman–Crippen MR) is 19.4 cm³/mol. The summed E-state index contributed by atoms with van der Waals surface area (Å²) in [6.07, 6.45) is 0. The summed E-state index contributed by atoms with van der Waals surface area (Å²) in [5.74, 6) is 0. The van der Waals surface area contributed by atoms with Crippen molar-refractivity contribution in [2.75, 3.05) is 0 Å². The number of rotatable bonds is 0. The quantitative estimate of drug-likeness (QED) is 0.314. The van der Waals surface area contributed by atoms with E-state index >= 15 is 0 Å². The van der Waals surface area contributed by atoms with Gasteiger partial charge in [0.15, 0.2) is 0 Å². The van der Waals surface area contributed by atoms with Crippen LogP contribution in [-0.2, 0) is 26.9 Å². The Morgan fingerprint density at radius 2 is 1.00 bits per heavy atom. The third kappa shape index (κ3) is 701. The van der Waals surface area contributed by atoms with Crippen molar-refractivity contribution in [3.63, 3.8) is 0 Å². The summed E-state index contributed by atoms with van der Waals surface area (Å²) in [4.78, 5) is 15.5. The summed E-state index contributed by atoms with van der Waals surface area (Å²) in [5, 5.41) is 0. The molecule has 6 heavy (non-hydrogen) atoms. The molecular weight excluding hydrogens is 194 g/mol. The molecular formula is C2H2ClO2Rh. The van der Waals surface area contributed by atoms with E-state index in [1.54, 1.807) is 0 Å². The van der Waals surface area contributed by atoms with Crippen LogP contribution in [0.2, 0.25) is 0 Å². The summed E-state index contributed by atoms with van der Waals surface area (Å²) in [5.41, 5.74) is 0. The first kappa shape index (κ1) is 16.3. The van der Waals surface area contributed by atoms with E-state index in [0.717, 1.165) is 0 Å². The summed E-state index contributed by atoms with van der Waals surface area (Å²) in [6.45, 7) is 6.50. The Hall–Kier alpha value is 0.253. The molecule has 0 aromatic carbocycles. The second-order valence-corrected chi connectivity index (χ2v) is 0. The SMILES string of the molecule is [CH-]=O.[CH-]=O.[Cl][Rh+2]. The molecule has 0 aliphatic heterocycles. The van der Waals surface area contributed by atoms with E-state index in [4.69, 9.17) is 9.59 Å². The zero-order valence-electron chi connectivity index (χ0n) is 2.68. The van der Waals surface area contributed by atoms with Crippen molar-refractivity contribution in [2.45, 2.75) is 0 Å². The first-order valence-corrected chi connectivity index (χ1v) is 2.71. The van der Waals surface area contributed by atoms with Crippen LogP contribution >= 0.6 is 9.69 Å². The molecule has 0 unspecified atom stereocenters.